The molecule has 3 nitrogen and oxygen atoms in total. The molecule has 0 N–H and O–H groups in total. The Labute approximate surface area is 115 Å². The number of halogens is 1. The molecule has 0 saturated carbocycles. The van der Waals surface area contributed by atoms with Gasteiger partial charge in [0, 0.05) is 32.7 Å². The van der Waals surface area contributed by atoms with Crippen molar-refractivity contribution in [3.05, 3.63) is 23.9 Å². The van der Waals surface area contributed by atoms with Crippen molar-refractivity contribution in [1.82, 2.24) is 9.88 Å². The molecule has 2 rings (SSSR count). The van der Waals surface area contributed by atoms with Crippen molar-refractivity contribution in [3.8, 4) is 0 Å². The molecule has 4 heteroatoms. The smallest absolute Gasteiger partial charge is 0.128 e. The second kappa shape index (κ2) is 6.39. The zero-order chi connectivity index (χ0) is 13.0. The van der Waals surface area contributed by atoms with E-state index in [9.17, 15) is 0 Å². The Bertz CT molecular complexity index is 373. The highest BCUT2D eigenvalue weighted by Gasteiger charge is 2.18. The third kappa shape index (κ3) is 3.59. The van der Waals surface area contributed by atoms with Crippen LogP contribution >= 0.6 is 11.6 Å². The quantitative estimate of drug-likeness (QED) is 0.782. The van der Waals surface area contributed by atoms with Crippen LogP contribution in [0.2, 0.25) is 0 Å². The molecule has 1 fully saturated rings. The Kier molecular flexibility index (Phi) is 4.84. The van der Waals surface area contributed by atoms with Gasteiger partial charge in [0.1, 0.15) is 5.82 Å². The topological polar surface area (TPSA) is 19.4 Å². The van der Waals surface area contributed by atoms with E-state index in [0.717, 1.165) is 43.6 Å². The lowest BCUT2D eigenvalue weighted by Crippen LogP contribution is -2.47. The minimum Gasteiger partial charge on any atom is -0.354 e. The highest BCUT2D eigenvalue weighted by molar-refractivity contribution is 6.16. The van der Waals surface area contributed by atoms with Gasteiger partial charge in [0.15, 0.2) is 0 Å². The van der Waals surface area contributed by atoms with Gasteiger partial charge in [-0.05, 0) is 18.1 Å². The molecule has 1 aromatic rings. The van der Waals surface area contributed by atoms with Gasteiger partial charge in [-0.1, -0.05) is 19.9 Å². The van der Waals surface area contributed by atoms with Crippen LogP contribution in [0.4, 0.5) is 5.82 Å². The van der Waals surface area contributed by atoms with Crippen molar-refractivity contribution >= 4 is 17.4 Å². The van der Waals surface area contributed by atoms with Gasteiger partial charge >= 0.3 is 0 Å². The summed E-state index contributed by atoms with van der Waals surface area (Å²) in [6.45, 7) is 10.1. The van der Waals surface area contributed by atoms with Gasteiger partial charge in [-0.2, -0.15) is 0 Å². The van der Waals surface area contributed by atoms with Crippen molar-refractivity contribution in [2.45, 2.75) is 19.7 Å². The van der Waals surface area contributed by atoms with E-state index in [1.54, 1.807) is 0 Å². The third-order valence-corrected chi connectivity index (χ3v) is 3.52. The van der Waals surface area contributed by atoms with Crippen molar-refractivity contribution in [2.24, 2.45) is 5.92 Å². The third-order valence-electron chi connectivity index (χ3n) is 3.25. The Balaban J connectivity index is 1.92. The van der Waals surface area contributed by atoms with Crippen LogP contribution in [0.15, 0.2) is 18.2 Å². The van der Waals surface area contributed by atoms with E-state index in [1.807, 2.05) is 12.1 Å². The highest BCUT2D eigenvalue weighted by Crippen LogP contribution is 2.15. The first-order valence-corrected chi connectivity index (χ1v) is 7.21. The van der Waals surface area contributed by atoms with Crippen molar-refractivity contribution < 1.29 is 0 Å². The number of piperazine rings is 1. The first kappa shape index (κ1) is 13.6. The molecule has 100 valence electrons. The van der Waals surface area contributed by atoms with Crippen LogP contribution in [-0.4, -0.2) is 42.6 Å². The van der Waals surface area contributed by atoms with E-state index < -0.39 is 0 Å². The predicted octanol–water partition coefficient (Wildman–Crippen LogP) is 2.60. The van der Waals surface area contributed by atoms with E-state index in [-0.39, 0.29) is 0 Å². The number of pyridine rings is 1. The highest BCUT2D eigenvalue weighted by atomic mass is 35.5. The second-order valence-corrected chi connectivity index (χ2v) is 5.57. The minimum absolute atomic E-state index is 0.487. The SMILES string of the molecule is CC(C)CN1CCN(c2cccc(CCl)n2)CC1. The van der Waals surface area contributed by atoms with Crippen molar-refractivity contribution in [2.75, 3.05) is 37.6 Å². The van der Waals surface area contributed by atoms with Gasteiger partial charge in [-0.3, -0.25) is 4.90 Å². The van der Waals surface area contributed by atoms with Gasteiger partial charge in [-0.25, -0.2) is 4.98 Å². The Morgan fingerprint density at radius 3 is 2.56 bits per heavy atom. The molecule has 0 aromatic carbocycles. The van der Waals surface area contributed by atoms with Gasteiger partial charge < -0.3 is 4.90 Å². The number of aromatic nitrogens is 1. The summed E-state index contributed by atoms with van der Waals surface area (Å²) in [7, 11) is 0. The predicted molar refractivity (Wildman–Crippen MR) is 77.3 cm³/mol. The first-order chi connectivity index (χ1) is 8.69. The van der Waals surface area contributed by atoms with Crippen LogP contribution in [0, 0.1) is 5.92 Å². The summed E-state index contributed by atoms with van der Waals surface area (Å²) in [5.74, 6) is 2.30. The summed E-state index contributed by atoms with van der Waals surface area (Å²) in [6, 6.07) is 6.10. The maximum atomic E-state index is 5.83. The summed E-state index contributed by atoms with van der Waals surface area (Å²) in [5.41, 5.74) is 0.957. The van der Waals surface area contributed by atoms with Gasteiger partial charge in [-0.15, -0.1) is 11.6 Å². The molecule has 0 atom stereocenters. The molecule has 18 heavy (non-hydrogen) atoms. The summed E-state index contributed by atoms with van der Waals surface area (Å²) < 4.78 is 0. The van der Waals surface area contributed by atoms with E-state index >= 15 is 0 Å². The largest absolute Gasteiger partial charge is 0.354 e. The van der Waals surface area contributed by atoms with E-state index in [1.165, 1.54) is 6.54 Å². The molecule has 0 amide bonds. The van der Waals surface area contributed by atoms with Gasteiger partial charge in [0.05, 0.1) is 11.6 Å². The lowest BCUT2D eigenvalue weighted by atomic mass is 10.2. The Hall–Kier alpha value is -0.800. The Morgan fingerprint density at radius 1 is 1.22 bits per heavy atom. The van der Waals surface area contributed by atoms with E-state index in [2.05, 4.69) is 34.7 Å². The summed E-state index contributed by atoms with van der Waals surface area (Å²) in [5, 5.41) is 0. The minimum atomic E-state index is 0.487. The van der Waals surface area contributed by atoms with E-state index in [4.69, 9.17) is 11.6 Å². The normalized spacial score (nSPS) is 17.4. The number of alkyl halides is 1. The van der Waals surface area contributed by atoms with Crippen LogP contribution in [0.25, 0.3) is 0 Å². The van der Waals surface area contributed by atoms with Crippen molar-refractivity contribution in [1.29, 1.82) is 0 Å². The van der Waals surface area contributed by atoms with Gasteiger partial charge in [0.2, 0.25) is 0 Å². The molecule has 1 aromatic heterocycles. The molecular formula is C14H22ClN3. The molecular weight excluding hydrogens is 246 g/mol. The van der Waals surface area contributed by atoms with Crippen molar-refractivity contribution in [3.63, 3.8) is 0 Å². The average molecular weight is 268 g/mol. The molecule has 1 aliphatic heterocycles. The summed E-state index contributed by atoms with van der Waals surface area (Å²) in [4.78, 5) is 9.46. The number of anilines is 1. The summed E-state index contributed by atoms with van der Waals surface area (Å²) in [6.07, 6.45) is 0. The van der Waals surface area contributed by atoms with Gasteiger partial charge in [0.25, 0.3) is 0 Å². The number of hydrogen-bond donors (Lipinski definition) is 0. The Morgan fingerprint density at radius 2 is 1.94 bits per heavy atom. The molecule has 0 unspecified atom stereocenters. The van der Waals surface area contributed by atoms with E-state index in [0.29, 0.717) is 5.88 Å². The monoisotopic (exact) mass is 267 g/mol. The number of hydrogen-bond acceptors (Lipinski definition) is 3. The van der Waals surface area contributed by atoms with Crippen LogP contribution in [0.5, 0.6) is 0 Å². The molecule has 2 heterocycles. The number of rotatable bonds is 4. The van der Waals surface area contributed by atoms with Crippen LogP contribution in [0.3, 0.4) is 0 Å². The number of nitrogens with zero attached hydrogens (tertiary/aromatic N) is 3. The maximum Gasteiger partial charge on any atom is 0.128 e. The fourth-order valence-corrected chi connectivity index (χ4v) is 2.54. The maximum absolute atomic E-state index is 5.83. The summed E-state index contributed by atoms with van der Waals surface area (Å²) >= 11 is 5.83. The second-order valence-electron chi connectivity index (χ2n) is 5.30. The average Bonchev–Trinajstić information content (AvgIpc) is 2.39. The fourth-order valence-electron chi connectivity index (χ4n) is 2.39. The van der Waals surface area contributed by atoms with Crippen LogP contribution in [0.1, 0.15) is 19.5 Å². The van der Waals surface area contributed by atoms with Crippen LogP contribution < -0.4 is 4.90 Å². The molecule has 0 bridgehead atoms. The molecule has 0 radical (unpaired) electrons. The molecule has 0 aliphatic carbocycles. The first-order valence-electron chi connectivity index (χ1n) is 6.68. The lowest BCUT2D eigenvalue weighted by molar-refractivity contribution is 0.231. The lowest BCUT2D eigenvalue weighted by Gasteiger charge is -2.36. The molecule has 1 aliphatic rings. The molecule has 1 saturated heterocycles. The standard InChI is InChI=1S/C14H22ClN3/c1-12(2)11-17-6-8-18(9-7-17)14-5-3-4-13(10-15)16-14/h3-5,12H,6-11H2,1-2H3. The molecule has 0 spiro atoms. The fraction of sp³-hybridized carbons (Fsp3) is 0.643. The zero-order valence-corrected chi connectivity index (χ0v) is 12.0. The zero-order valence-electron chi connectivity index (χ0n) is 11.3. The van der Waals surface area contributed by atoms with Crippen LogP contribution in [-0.2, 0) is 5.88 Å².